The second-order valence-electron chi connectivity index (χ2n) is 7.11. The summed E-state index contributed by atoms with van der Waals surface area (Å²) in [6.45, 7) is 2.77. The molecule has 6 N–H and O–H groups in total. The number of aryl methyl sites for hydroxylation is 1. The molecule has 0 spiro atoms. The fourth-order valence-electron chi connectivity index (χ4n) is 3.55. The van der Waals surface area contributed by atoms with Gasteiger partial charge in [-0.15, -0.1) is 0 Å². The molecule has 0 amide bonds. The molecular weight excluding hydrogens is 395 g/mol. The maximum Gasteiger partial charge on any atom is 0.488 e. The van der Waals surface area contributed by atoms with E-state index in [2.05, 4.69) is 25.3 Å². The van der Waals surface area contributed by atoms with Crippen molar-refractivity contribution in [2.75, 3.05) is 12.4 Å². The van der Waals surface area contributed by atoms with E-state index in [1.54, 1.807) is 18.2 Å². The summed E-state index contributed by atoms with van der Waals surface area (Å²) in [7, 11) is -0.0176. The molecule has 0 atom stereocenters. The van der Waals surface area contributed by atoms with Gasteiger partial charge in [0.05, 0.1) is 12.6 Å². The standard InChI is InChI=1S/C21H23BN6O3/c1-12-17(16-8-4-6-14(10-23)18(16)25-12)19-26-20(28-21(27-19)31-2)24-11-13-5-3-7-15(9-13)22(29)30/h3-9,25,29-30H,10-11,23H2,1-2H3,(H,24,26,27,28). The molecule has 2 aromatic carbocycles. The molecule has 0 saturated carbocycles. The van der Waals surface area contributed by atoms with Gasteiger partial charge in [0.15, 0.2) is 5.82 Å². The first-order valence-corrected chi connectivity index (χ1v) is 9.79. The van der Waals surface area contributed by atoms with Gasteiger partial charge in [0.1, 0.15) is 0 Å². The first kappa shape index (κ1) is 20.8. The molecule has 4 rings (SSSR count). The number of nitrogens with one attached hydrogen (secondary N) is 2. The fourth-order valence-corrected chi connectivity index (χ4v) is 3.55. The van der Waals surface area contributed by atoms with Gasteiger partial charge < -0.3 is 30.8 Å². The van der Waals surface area contributed by atoms with Gasteiger partial charge >= 0.3 is 13.1 Å². The van der Waals surface area contributed by atoms with Crippen molar-refractivity contribution in [3.63, 3.8) is 0 Å². The number of H-pyrrole nitrogens is 1. The summed E-state index contributed by atoms with van der Waals surface area (Å²) in [4.78, 5) is 16.7. The molecule has 0 bridgehead atoms. The second kappa shape index (κ2) is 8.72. The largest absolute Gasteiger partial charge is 0.488 e. The Hall–Kier alpha value is -3.47. The predicted molar refractivity (Wildman–Crippen MR) is 120 cm³/mol. The van der Waals surface area contributed by atoms with Crippen LogP contribution >= 0.6 is 0 Å². The Labute approximate surface area is 179 Å². The Morgan fingerprint density at radius 1 is 1.13 bits per heavy atom. The zero-order valence-corrected chi connectivity index (χ0v) is 17.3. The van der Waals surface area contributed by atoms with Gasteiger partial charge in [-0.3, -0.25) is 0 Å². The summed E-state index contributed by atoms with van der Waals surface area (Å²) in [6, 6.07) is 13.1. The van der Waals surface area contributed by atoms with Crippen LogP contribution in [0, 0.1) is 6.92 Å². The van der Waals surface area contributed by atoms with E-state index < -0.39 is 7.12 Å². The lowest BCUT2D eigenvalue weighted by Gasteiger charge is -2.10. The van der Waals surface area contributed by atoms with Gasteiger partial charge in [0, 0.05) is 29.7 Å². The molecule has 10 heteroatoms. The number of hydrogen-bond donors (Lipinski definition) is 5. The lowest BCUT2D eigenvalue weighted by molar-refractivity contribution is 0.379. The summed E-state index contributed by atoms with van der Waals surface area (Å²) < 4.78 is 5.29. The van der Waals surface area contributed by atoms with Crippen LogP contribution in [0.15, 0.2) is 42.5 Å². The second-order valence-corrected chi connectivity index (χ2v) is 7.11. The Morgan fingerprint density at radius 3 is 2.68 bits per heavy atom. The normalized spacial score (nSPS) is 11.0. The van der Waals surface area contributed by atoms with Crippen molar-refractivity contribution in [3.05, 3.63) is 59.3 Å². The van der Waals surface area contributed by atoms with Gasteiger partial charge in [-0.25, -0.2) is 0 Å². The molecule has 0 aliphatic heterocycles. The zero-order chi connectivity index (χ0) is 22.0. The third kappa shape index (κ3) is 4.22. The third-order valence-corrected chi connectivity index (χ3v) is 5.05. The van der Waals surface area contributed by atoms with Crippen molar-refractivity contribution in [3.8, 4) is 17.4 Å². The van der Waals surface area contributed by atoms with Gasteiger partial charge in [0.2, 0.25) is 5.95 Å². The summed E-state index contributed by atoms with van der Waals surface area (Å²) in [5, 5.41) is 22.9. The van der Waals surface area contributed by atoms with Crippen LogP contribution in [0.25, 0.3) is 22.3 Å². The predicted octanol–water partition coefficient (Wildman–Crippen LogP) is 1.09. The highest BCUT2D eigenvalue weighted by atomic mass is 16.5. The van der Waals surface area contributed by atoms with E-state index in [0.29, 0.717) is 30.3 Å². The smallest absolute Gasteiger partial charge is 0.467 e. The van der Waals surface area contributed by atoms with Crippen molar-refractivity contribution < 1.29 is 14.8 Å². The fraction of sp³-hybridized carbons (Fsp3) is 0.190. The van der Waals surface area contributed by atoms with E-state index in [1.165, 1.54) is 7.11 Å². The van der Waals surface area contributed by atoms with Crippen LogP contribution in [-0.2, 0) is 13.1 Å². The number of benzene rings is 2. The quantitative estimate of drug-likeness (QED) is 0.281. The minimum absolute atomic E-state index is 0.191. The van der Waals surface area contributed by atoms with E-state index in [0.717, 1.165) is 33.3 Å². The van der Waals surface area contributed by atoms with Crippen LogP contribution in [-0.4, -0.2) is 44.2 Å². The average molecular weight is 418 g/mol. The number of nitrogens with zero attached hydrogens (tertiary/aromatic N) is 3. The Balaban J connectivity index is 1.70. The molecule has 4 aromatic rings. The highest BCUT2D eigenvalue weighted by molar-refractivity contribution is 6.58. The monoisotopic (exact) mass is 418 g/mol. The topological polar surface area (TPSA) is 142 Å². The summed E-state index contributed by atoms with van der Waals surface area (Å²) in [6.07, 6.45) is 0. The number of anilines is 1. The van der Waals surface area contributed by atoms with E-state index >= 15 is 0 Å². The third-order valence-electron chi connectivity index (χ3n) is 5.05. The molecule has 2 heterocycles. The van der Waals surface area contributed by atoms with Crippen LogP contribution < -0.4 is 21.3 Å². The average Bonchev–Trinajstić information content (AvgIpc) is 3.13. The van der Waals surface area contributed by atoms with Crippen molar-refractivity contribution in [1.29, 1.82) is 0 Å². The molecular formula is C21H23BN6O3. The number of aromatic amines is 1. The summed E-state index contributed by atoms with van der Waals surface area (Å²) >= 11 is 0. The number of aromatic nitrogens is 4. The summed E-state index contributed by atoms with van der Waals surface area (Å²) in [5.74, 6) is 0.826. The van der Waals surface area contributed by atoms with E-state index in [-0.39, 0.29) is 6.01 Å². The van der Waals surface area contributed by atoms with Crippen molar-refractivity contribution in [2.24, 2.45) is 5.73 Å². The molecule has 0 saturated heterocycles. The SMILES string of the molecule is COc1nc(NCc2cccc(B(O)O)c2)nc(-c2c(C)[nH]c3c(CN)cccc23)n1. The van der Waals surface area contributed by atoms with Gasteiger partial charge in [-0.2, -0.15) is 15.0 Å². The van der Waals surface area contributed by atoms with Gasteiger partial charge in [0.25, 0.3) is 0 Å². The molecule has 2 aromatic heterocycles. The molecule has 0 aliphatic rings. The van der Waals surface area contributed by atoms with Crippen LogP contribution in [0.2, 0.25) is 0 Å². The Morgan fingerprint density at radius 2 is 1.94 bits per heavy atom. The number of nitrogens with two attached hydrogens (primary N) is 1. The van der Waals surface area contributed by atoms with Gasteiger partial charge in [-0.05, 0) is 23.5 Å². The number of para-hydroxylation sites is 1. The lowest BCUT2D eigenvalue weighted by Crippen LogP contribution is -2.30. The molecule has 0 fully saturated rings. The number of hydrogen-bond acceptors (Lipinski definition) is 8. The molecule has 0 aliphatic carbocycles. The number of methoxy groups -OCH3 is 1. The molecule has 9 nitrogen and oxygen atoms in total. The van der Waals surface area contributed by atoms with Crippen LogP contribution in [0.4, 0.5) is 5.95 Å². The first-order chi connectivity index (χ1) is 15.0. The van der Waals surface area contributed by atoms with Crippen molar-refractivity contribution in [1.82, 2.24) is 19.9 Å². The highest BCUT2D eigenvalue weighted by Gasteiger charge is 2.18. The minimum Gasteiger partial charge on any atom is -0.467 e. The van der Waals surface area contributed by atoms with E-state index in [9.17, 15) is 10.0 Å². The first-order valence-electron chi connectivity index (χ1n) is 9.79. The van der Waals surface area contributed by atoms with Crippen molar-refractivity contribution >= 4 is 29.4 Å². The molecule has 0 unspecified atom stereocenters. The Kier molecular flexibility index (Phi) is 5.85. The van der Waals surface area contributed by atoms with Gasteiger partial charge in [-0.1, -0.05) is 42.5 Å². The zero-order valence-electron chi connectivity index (χ0n) is 17.3. The van der Waals surface area contributed by atoms with Crippen molar-refractivity contribution in [2.45, 2.75) is 20.0 Å². The number of rotatable bonds is 7. The molecule has 31 heavy (non-hydrogen) atoms. The maximum atomic E-state index is 9.37. The number of fused-ring (bicyclic) bond motifs is 1. The molecule has 0 radical (unpaired) electrons. The van der Waals surface area contributed by atoms with E-state index in [1.807, 2.05) is 31.2 Å². The number of ether oxygens (including phenoxy) is 1. The van der Waals surface area contributed by atoms with Crippen LogP contribution in [0.3, 0.4) is 0 Å². The lowest BCUT2D eigenvalue weighted by atomic mass is 9.80. The van der Waals surface area contributed by atoms with Crippen LogP contribution in [0.1, 0.15) is 16.8 Å². The minimum atomic E-state index is -1.52. The van der Waals surface area contributed by atoms with E-state index in [4.69, 9.17) is 10.5 Å². The maximum absolute atomic E-state index is 9.37. The Bertz CT molecular complexity index is 1230. The summed E-state index contributed by atoms with van der Waals surface area (Å²) in [5.41, 5.74) is 10.9. The van der Waals surface area contributed by atoms with Crippen LogP contribution in [0.5, 0.6) is 6.01 Å². The highest BCUT2D eigenvalue weighted by Crippen LogP contribution is 2.32. The molecule has 158 valence electrons.